The first kappa shape index (κ1) is 15.3. The predicted molar refractivity (Wildman–Crippen MR) is 103 cm³/mol. The second-order valence-corrected chi connectivity index (χ2v) is 8.72. The van der Waals surface area contributed by atoms with E-state index in [1.807, 2.05) is 18.2 Å². The Bertz CT molecular complexity index is 767. The summed E-state index contributed by atoms with van der Waals surface area (Å²) in [6.45, 7) is 0. The summed E-state index contributed by atoms with van der Waals surface area (Å²) in [6.07, 6.45) is 12.5. The molecule has 0 atom stereocenters. The standard InChI is InChI=1S/C24H26O/c25-23-9-8-18(7-6-17-4-2-1-3-5-17)13-22(23)24-14-19-10-20(15-24)12-21(11-19)16-24/h1-9,13,19-21,25H,10-12,14-16H2/b7-6+. The van der Waals surface area contributed by atoms with Crippen LogP contribution in [0.15, 0.2) is 48.5 Å². The van der Waals surface area contributed by atoms with Gasteiger partial charge in [0.2, 0.25) is 0 Å². The first-order chi connectivity index (χ1) is 12.2. The number of phenols is 1. The molecule has 0 aromatic heterocycles. The van der Waals surface area contributed by atoms with Gasteiger partial charge in [0, 0.05) is 5.56 Å². The molecule has 1 N–H and O–H groups in total. The van der Waals surface area contributed by atoms with Crippen LogP contribution in [0.2, 0.25) is 0 Å². The summed E-state index contributed by atoms with van der Waals surface area (Å²) in [6, 6.07) is 16.6. The van der Waals surface area contributed by atoms with Gasteiger partial charge in [0.05, 0.1) is 0 Å². The van der Waals surface area contributed by atoms with Crippen molar-refractivity contribution in [2.24, 2.45) is 17.8 Å². The molecule has 0 spiro atoms. The van der Waals surface area contributed by atoms with E-state index in [4.69, 9.17) is 0 Å². The first-order valence-electron chi connectivity index (χ1n) is 9.77. The molecule has 0 saturated heterocycles. The van der Waals surface area contributed by atoms with Gasteiger partial charge in [0.15, 0.2) is 0 Å². The number of hydrogen-bond donors (Lipinski definition) is 1. The summed E-state index contributed by atoms with van der Waals surface area (Å²) in [5.74, 6) is 3.20. The monoisotopic (exact) mass is 330 g/mol. The van der Waals surface area contributed by atoms with E-state index in [1.54, 1.807) is 0 Å². The number of phenolic OH excluding ortho intramolecular Hbond substituents is 1. The minimum Gasteiger partial charge on any atom is -0.508 e. The number of aromatic hydroxyl groups is 1. The van der Waals surface area contributed by atoms with Crippen LogP contribution in [-0.2, 0) is 5.41 Å². The van der Waals surface area contributed by atoms with Crippen molar-refractivity contribution in [3.05, 3.63) is 65.2 Å². The van der Waals surface area contributed by atoms with Crippen LogP contribution in [0.4, 0.5) is 0 Å². The summed E-state index contributed by atoms with van der Waals surface area (Å²) in [7, 11) is 0. The van der Waals surface area contributed by atoms with Gasteiger partial charge in [-0.05, 0) is 85.0 Å². The van der Waals surface area contributed by atoms with Crippen LogP contribution in [0.1, 0.15) is 55.2 Å². The lowest BCUT2D eigenvalue weighted by Gasteiger charge is -2.57. The second-order valence-electron chi connectivity index (χ2n) is 8.72. The van der Waals surface area contributed by atoms with Crippen molar-refractivity contribution < 1.29 is 5.11 Å². The van der Waals surface area contributed by atoms with Crippen LogP contribution in [-0.4, -0.2) is 5.11 Å². The van der Waals surface area contributed by atoms with Crippen LogP contribution < -0.4 is 0 Å². The molecular weight excluding hydrogens is 304 g/mol. The van der Waals surface area contributed by atoms with Gasteiger partial charge in [0.1, 0.15) is 5.75 Å². The number of benzene rings is 2. The molecule has 2 aromatic carbocycles. The van der Waals surface area contributed by atoms with Gasteiger partial charge in [-0.2, -0.15) is 0 Å². The van der Waals surface area contributed by atoms with E-state index in [9.17, 15) is 5.11 Å². The first-order valence-corrected chi connectivity index (χ1v) is 9.77. The number of rotatable bonds is 3. The fraction of sp³-hybridized carbons (Fsp3) is 0.417. The van der Waals surface area contributed by atoms with Gasteiger partial charge in [-0.25, -0.2) is 0 Å². The summed E-state index contributed by atoms with van der Waals surface area (Å²) in [5.41, 5.74) is 3.89. The van der Waals surface area contributed by atoms with Gasteiger partial charge in [-0.3, -0.25) is 0 Å². The Labute approximate surface area is 150 Å². The molecule has 1 heteroatoms. The molecule has 1 nitrogen and oxygen atoms in total. The van der Waals surface area contributed by atoms with Crippen molar-refractivity contribution in [3.8, 4) is 5.75 Å². The molecule has 0 radical (unpaired) electrons. The Kier molecular flexibility index (Phi) is 3.51. The van der Waals surface area contributed by atoms with E-state index in [1.165, 1.54) is 55.2 Å². The highest BCUT2D eigenvalue weighted by molar-refractivity contribution is 5.70. The summed E-state index contributed by atoms with van der Waals surface area (Å²) in [5, 5.41) is 10.7. The molecule has 0 aliphatic heterocycles. The average Bonchev–Trinajstić information content (AvgIpc) is 2.60. The predicted octanol–water partition coefficient (Wildman–Crippen LogP) is 6.03. The largest absolute Gasteiger partial charge is 0.508 e. The third kappa shape index (κ3) is 2.70. The molecule has 0 unspecified atom stereocenters. The third-order valence-electron chi connectivity index (χ3n) is 6.90. The van der Waals surface area contributed by atoms with Gasteiger partial charge in [0.25, 0.3) is 0 Å². The highest BCUT2D eigenvalue weighted by Gasteiger charge is 2.52. The van der Waals surface area contributed by atoms with Crippen molar-refractivity contribution >= 4 is 12.2 Å². The molecule has 4 aliphatic rings. The van der Waals surface area contributed by atoms with E-state index in [0.717, 1.165) is 17.8 Å². The lowest BCUT2D eigenvalue weighted by Crippen LogP contribution is -2.48. The van der Waals surface area contributed by atoms with Crippen molar-refractivity contribution in [1.82, 2.24) is 0 Å². The Morgan fingerprint density at radius 3 is 2.00 bits per heavy atom. The molecule has 25 heavy (non-hydrogen) atoms. The summed E-state index contributed by atoms with van der Waals surface area (Å²) >= 11 is 0. The summed E-state index contributed by atoms with van der Waals surface area (Å²) in [4.78, 5) is 0. The van der Waals surface area contributed by atoms with E-state index in [-0.39, 0.29) is 5.41 Å². The molecule has 0 heterocycles. The quantitative estimate of drug-likeness (QED) is 0.681. The normalized spacial score (nSPS) is 33.2. The molecule has 4 fully saturated rings. The molecule has 6 rings (SSSR count). The van der Waals surface area contributed by atoms with Crippen LogP contribution in [0.25, 0.3) is 12.2 Å². The van der Waals surface area contributed by atoms with Gasteiger partial charge in [-0.15, -0.1) is 0 Å². The van der Waals surface area contributed by atoms with Gasteiger partial charge < -0.3 is 5.11 Å². The van der Waals surface area contributed by atoms with E-state index >= 15 is 0 Å². The minimum absolute atomic E-state index is 0.245. The van der Waals surface area contributed by atoms with Gasteiger partial charge >= 0.3 is 0 Å². The zero-order chi connectivity index (χ0) is 16.9. The molecule has 4 aliphatic carbocycles. The van der Waals surface area contributed by atoms with Crippen LogP contribution >= 0.6 is 0 Å². The third-order valence-corrected chi connectivity index (χ3v) is 6.90. The summed E-state index contributed by atoms with van der Waals surface area (Å²) < 4.78 is 0. The molecule has 4 bridgehead atoms. The Morgan fingerprint density at radius 1 is 0.760 bits per heavy atom. The van der Waals surface area contributed by atoms with Crippen molar-refractivity contribution in [3.63, 3.8) is 0 Å². The lowest BCUT2D eigenvalue weighted by atomic mass is 9.48. The lowest BCUT2D eigenvalue weighted by molar-refractivity contribution is -0.00613. The maximum Gasteiger partial charge on any atom is 0.119 e. The Balaban J connectivity index is 1.49. The highest BCUT2D eigenvalue weighted by Crippen LogP contribution is 2.61. The van der Waals surface area contributed by atoms with E-state index in [0.29, 0.717) is 5.75 Å². The van der Waals surface area contributed by atoms with Crippen molar-refractivity contribution in [2.75, 3.05) is 0 Å². The molecule has 2 aromatic rings. The van der Waals surface area contributed by atoms with Crippen LogP contribution in [0, 0.1) is 17.8 Å². The van der Waals surface area contributed by atoms with Crippen molar-refractivity contribution in [2.45, 2.75) is 43.9 Å². The molecular formula is C24H26O. The zero-order valence-corrected chi connectivity index (χ0v) is 14.7. The maximum atomic E-state index is 10.7. The van der Waals surface area contributed by atoms with E-state index in [2.05, 4.69) is 42.5 Å². The zero-order valence-electron chi connectivity index (χ0n) is 14.7. The Hall–Kier alpha value is -2.02. The Morgan fingerprint density at radius 2 is 1.36 bits per heavy atom. The molecule has 0 amide bonds. The van der Waals surface area contributed by atoms with Crippen molar-refractivity contribution in [1.29, 1.82) is 0 Å². The molecule has 4 saturated carbocycles. The molecule has 128 valence electrons. The highest BCUT2D eigenvalue weighted by atomic mass is 16.3. The second kappa shape index (κ2) is 5.76. The maximum absolute atomic E-state index is 10.7. The van der Waals surface area contributed by atoms with Gasteiger partial charge in [-0.1, -0.05) is 48.6 Å². The fourth-order valence-corrected chi connectivity index (χ4v) is 6.28. The smallest absolute Gasteiger partial charge is 0.119 e. The number of hydrogen-bond acceptors (Lipinski definition) is 1. The fourth-order valence-electron chi connectivity index (χ4n) is 6.28. The SMILES string of the molecule is Oc1ccc(/C=C/c2ccccc2)cc1C12CC3CC(CC(C3)C1)C2. The average molecular weight is 330 g/mol. The topological polar surface area (TPSA) is 20.2 Å². The minimum atomic E-state index is 0.245. The van der Waals surface area contributed by atoms with Crippen LogP contribution in [0.5, 0.6) is 5.75 Å². The van der Waals surface area contributed by atoms with E-state index < -0.39 is 0 Å². The van der Waals surface area contributed by atoms with Crippen LogP contribution in [0.3, 0.4) is 0 Å².